The maximum atomic E-state index is 10.9. The van der Waals surface area contributed by atoms with Gasteiger partial charge in [0.2, 0.25) is 0 Å². The summed E-state index contributed by atoms with van der Waals surface area (Å²) in [6.45, 7) is 10.5. The van der Waals surface area contributed by atoms with Crippen LogP contribution in [0.3, 0.4) is 0 Å². The summed E-state index contributed by atoms with van der Waals surface area (Å²) in [7, 11) is 0. The number of aliphatic carboxylic acids is 1. The summed E-state index contributed by atoms with van der Waals surface area (Å²) in [5.41, 5.74) is 2.09. The minimum absolute atomic E-state index is 0.429. The van der Waals surface area contributed by atoms with Gasteiger partial charge in [-0.3, -0.25) is 4.79 Å². The molecular weight excluding hydrogens is 228 g/mol. The highest BCUT2D eigenvalue weighted by Gasteiger charge is 2.17. The van der Waals surface area contributed by atoms with Gasteiger partial charge in [0, 0.05) is 19.3 Å². The molecule has 0 aliphatic carbocycles. The van der Waals surface area contributed by atoms with Crippen molar-refractivity contribution in [3.05, 3.63) is 36.0 Å². The van der Waals surface area contributed by atoms with E-state index in [0.29, 0.717) is 13.1 Å². The number of hydrogen-bond acceptors (Lipinski definition) is 3. The Morgan fingerprint density at radius 1 is 1.61 bits per heavy atom. The molecule has 0 aliphatic rings. The first-order valence-electron chi connectivity index (χ1n) is 5.95. The van der Waals surface area contributed by atoms with Gasteiger partial charge in [-0.2, -0.15) is 0 Å². The molecule has 1 aromatic heterocycles. The van der Waals surface area contributed by atoms with Gasteiger partial charge in [0.05, 0.1) is 5.92 Å². The molecule has 18 heavy (non-hydrogen) atoms. The van der Waals surface area contributed by atoms with Gasteiger partial charge in [0.15, 0.2) is 0 Å². The minimum Gasteiger partial charge on any atom is -0.481 e. The normalized spacial score (nSPS) is 11.9. The quantitative estimate of drug-likeness (QED) is 0.786. The number of aromatic nitrogens is 1. The molecule has 1 N–H and O–H groups in total. The van der Waals surface area contributed by atoms with Gasteiger partial charge in [-0.25, -0.2) is 4.98 Å². The Morgan fingerprint density at radius 3 is 2.78 bits per heavy atom. The van der Waals surface area contributed by atoms with Crippen molar-refractivity contribution in [1.82, 2.24) is 4.98 Å². The van der Waals surface area contributed by atoms with Gasteiger partial charge in [0.25, 0.3) is 0 Å². The van der Waals surface area contributed by atoms with Crippen LogP contribution in [0.1, 0.15) is 19.4 Å². The van der Waals surface area contributed by atoms with E-state index in [4.69, 9.17) is 5.11 Å². The number of carboxylic acids is 1. The Balaban J connectivity index is 2.90. The Labute approximate surface area is 108 Å². The molecule has 0 radical (unpaired) electrons. The first-order valence-corrected chi connectivity index (χ1v) is 5.95. The molecule has 0 aromatic carbocycles. The van der Waals surface area contributed by atoms with Gasteiger partial charge < -0.3 is 10.0 Å². The Kier molecular flexibility index (Phi) is 4.89. The van der Waals surface area contributed by atoms with E-state index in [1.807, 2.05) is 30.9 Å². The van der Waals surface area contributed by atoms with Crippen LogP contribution in [0.15, 0.2) is 30.5 Å². The lowest BCUT2D eigenvalue weighted by molar-refractivity contribution is -0.140. The van der Waals surface area contributed by atoms with Gasteiger partial charge >= 0.3 is 5.97 Å². The highest BCUT2D eigenvalue weighted by atomic mass is 16.4. The van der Waals surface area contributed by atoms with E-state index >= 15 is 0 Å². The zero-order valence-electron chi connectivity index (χ0n) is 11.2. The summed E-state index contributed by atoms with van der Waals surface area (Å²) in [5.74, 6) is -0.438. The Bertz CT molecular complexity index is 443. The third kappa shape index (κ3) is 4.20. The highest BCUT2D eigenvalue weighted by molar-refractivity contribution is 5.70. The number of pyridine rings is 1. The molecule has 98 valence electrons. The molecule has 1 atom stereocenters. The lowest BCUT2D eigenvalue weighted by Crippen LogP contribution is -2.33. The van der Waals surface area contributed by atoms with Gasteiger partial charge in [-0.15, -0.1) is 0 Å². The zero-order chi connectivity index (χ0) is 13.7. The van der Waals surface area contributed by atoms with Crippen LogP contribution in [-0.2, 0) is 4.79 Å². The largest absolute Gasteiger partial charge is 0.481 e. The monoisotopic (exact) mass is 248 g/mol. The summed E-state index contributed by atoms with van der Waals surface area (Å²) >= 11 is 0. The Hall–Kier alpha value is -1.84. The van der Waals surface area contributed by atoms with E-state index in [2.05, 4.69) is 11.6 Å². The molecule has 4 heteroatoms. The number of carbonyl (C=O) groups is 1. The molecule has 1 heterocycles. The second-order valence-electron chi connectivity index (χ2n) is 4.77. The van der Waals surface area contributed by atoms with E-state index in [1.54, 1.807) is 13.1 Å². The van der Waals surface area contributed by atoms with Gasteiger partial charge in [0.1, 0.15) is 5.82 Å². The van der Waals surface area contributed by atoms with E-state index in [1.165, 1.54) is 0 Å². The number of carboxylic acid groups (broad SMARTS) is 1. The molecule has 0 aliphatic heterocycles. The van der Waals surface area contributed by atoms with Crippen LogP contribution in [0.4, 0.5) is 5.82 Å². The number of nitrogens with zero attached hydrogens (tertiary/aromatic N) is 2. The fourth-order valence-corrected chi connectivity index (χ4v) is 1.67. The van der Waals surface area contributed by atoms with E-state index in [-0.39, 0.29) is 0 Å². The van der Waals surface area contributed by atoms with Gasteiger partial charge in [-0.05, 0) is 31.5 Å². The van der Waals surface area contributed by atoms with Crippen molar-refractivity contribution in [3.63, 3.8) is 0 Å². The van der Waals surface area contributed by atoms with Crippen LogP contribution in [0, 0.1) is 12.8 Å². The van der Waals surface area contributed by atoms with Crippen LogP contribution in [0.25, 0.3) is 0 Å². The molecule has 0 saturated carbocycles. The first kappa shape index (κ1) is 14.2. The number of hydrogen-bond donors (Lipinski definition) is 1. The summed E-state index contributed by atoms with van der Waals surface area (Å²) in [6, 6.07) is 3.88. The third-order valence-electron chi connectivity index (χ3n) is 2.60. The molecular formula is C14H20N2O2. The maximum Gasteiger partial charge on any atom is 0.308 e. The van der Waals surface area contributed by atoms with E-state index < -0.39 is 11.9 Å². The molecule has 1 unspecified atom stereocenters. The van der Waals surface area contributed by atoms with Crippen LogP contribution in [-0.4, -0.2) is 29.1 Å². The van der Waals surface area contributed by atoms with Crippen molar-refractivity contribution >= 4 is 11.8 Å². The predicted octanol–water partition coefficient (Wildman–Crippen LogP) is 2.49. The molecule has 0 bridgehead atoms. The maximum absolute atomic E-state index is 10.9. The number of aryl methyl sites for hydroxylation is 1. The summed E-state index contributed by atoms with van der Waals surface area (Å²) in [5, 5.41) is 9.00. The number of rotatable bonds is 6. The predicted molar refractivity (Wildman–Crippen MR) is 72.8 cm³/mol. The smallest absolute Gasteiger partial charge is 0.308 e. The van der Waals surface area contributed by atoms with Crippen LogP contribution in [0.2, 0.25) is 0 Å². The average molecular weight is 248 g/mol. The molecule has 0 saturated heterocycles. The van der Waals surface area contributed by atoms with E-state index in [9.17, 15) is 4.79 Å². The third-order valence-corrected chi connectivity index (χ3v) is 2.60. The van der Waals surface area contributed by atoms with Crippen molar-refractivity contribution in [2.45, 2.75) is 20.8 Å². The molecule has 0 amide bonds. The minimum atomic E-state index is -0.797. The Morgan fingerprint density at radius 2 is 2.28 bits per heavy atom. The van der Waals surface area contributed by atoms with Crippen LogP contribution >= 0.6 is 0 Å². The van der Waals surface area contributed by atoms with Crippen LogP contribution < -0.4 is 4.90 Å². The lowest BCUT2D eigenvalue weighted by Gasteiger charge is -2.25. The van der Waals surface area contributed by atoms with Crippen molar-refractivity contribution in [3.8, 4) is 0 Å². The zero-order valence-corrected chi connectivity index (χ0v) is 11.2. The second kappa shape index (κ2) is 6.19. The average Bonchev–Trinajstić information content (AvgIpc) is 2.27. The summed E-state index contributed by atoms with van der Waals surface area (Å²) in [6.07, 6.45) is 1.74. The van der Waals surface area contributed by atoms with Crippen LogP contribution in [0.5, 0.6) is 0 Å². The van der Waals surface area contributed by atoms with Crippen molar-refractivity contribution < 1.29 is 9.90 Å². The van der Waals surface area contributed by atoms with Crippen molar-refractivity contribution in [2.75, 3.05) is 18.0 Å². The van der Waals surface area contributed by atoms with E-state index in [0.717, 1.165) is 17.0 Å². The second-order valence-corrected chi connectivity index (χ2v) is 4.77. The fraction of sp³-hybridized carbons (Fsp3) is 0.429. The highest BCUT2D eigenvalue weighted by Crippen LogP contribution is 2.15. The molecule has 0 spiro atoms. The fourth-order valence-electron chi connectivity index (χ4n) is 1.67. The lowest BCUT2D eigenvalue weighted by atomic mass is 10.1. The standard InChI is InChI=1S/C14H20N2O2/c1-10(2)8-16(9-12(4)14(17)18)13-7-11(3)5-6-15-13/h5-7,12H,1,8-9H2,2-4H3,(H,17,18). The molecule has 4 nitrogen and oxygen atoms in total. The number of anilines is 1. The van der Waals surface area contributed by atoms with Crippen molar-refractivity contribution in [1.29, 1.82) is 0 Å². The SMILES string of the molecule is C=C(C)CN(CC(C)C(=O)O)c1cc(C)ccn1. The first-order chi connectivity index (χ1) is 8.40. The van der Waals surface area contributed by atoms with Crippen molar-refractivity contribution in [2.24, 2.45) is 5.92 Å². The molecule has 1 rings (SSSR count). The summed E-state index contributed by atoms with van der Waals surface area (Å²) in [4.78, 5) is 17.2. The molecule has 1 aromatic rings. The topological polar surface area (TPSA) is 53.4 Å². The summed E-state index contributed by atoms with van der Waals surface area (Å²) < 4.78 is 0. The molecule has 0 fully saturated rings. The van der Waals surface area contributed by atoms with Gasteiger partial charge in [-0.1, -0.05) is 19.1 Å².